The molecule has 0 aliphatic rings. The molecule has 3 rings (SSSR count). The fraction of sp³-hybridized carbons (Fsp3) is 0.105. The van der Waals surface area contributed by atoms with E-state index < -0.39 is 0 Å². The summed E-state index contributed by atoms with van der Waals surface area (Å²) in [7, 11) is 0. The molecule has 0 aliphatic heterocycles. The number of aromatic nitrogens is 2. The summed E-state index contributed by atoms with van der Waals surface area (Å²) in [6, 6.07) is 19.1. The molecule has 0 aliphatic carbocycles. The minimum atomic E-state index is -0.364. The molecule has 0 saturated heterocycles. The van der Waals surface area contributed by atoms with Crippen molar-refractivity contribution >= 4 is 12.1 Å². The molecule has 0 bridgehead atoms. The maximum Gasteiger partial charge on any atom is 0.291 e. The maximum absolute atomic E-state index is 11.8. The Hall–Kier alpha value is -3.41. The summed E-state index contributed by atoms with van der Waals surface area (Å²) in [5, 5.41) is 10.5. The van der Waals surface area contributed by atoms with Crippen LogP contribution in [0.15, 0.2) is 65.8 Å². The maximum atomic E-state index is 11.8. The first-order valence-corrected chi connectivity index (χ1v) is 7.83. The van der Waals surface area contributed by atoms with Crippen LogP contribution in [0.2, 0.25) is 0 Å². The summed E-state index contributed by atoms with van der Waals surface area (Å²) in [4.78, 5) is 11.8. The highest BCUT2D eigenvalue weighted by Gasteiger charge is 2.07. The van der Waals surface area contributed by atoms with Gasteiger partial charge in [-0.1, -0.05) is 42.5 Å². The Balaban J connectivity index is 1.56. The average Bonchev–Trinajstić information content (AvgIpc) is 3.08. The summed E-state index contributed by atoms with van der Waals surface area (Å²) >= 11 is 0. The number of nitrogens with one attached hydrogen (secondary N) is 2. The molecule has 1 amide bonds. The highest BCUT2D eigenvalue weighted by molar-refractivity contribution is 5.93. The molecule has 0 saturated carbocycles. The Morgan fingerprint density at radius 3 is 2.80 bits per heavy atom. The van der Waals surface area contributed by atoms with Crippen molar-refractivity contribution in [3.05, 3.63) is 83.2 Å². The van der Waals surface area contributed by atoms with Gasteiger partial charge in [-0.2, -0.15) is 10.2 Å². The number of carbonyl (C=O) groups is 1. The summed E-state index contributed by atoms with van der Waals surface area (Å²) in [6.07, 6.45) is 1.56. The van der Waals surface area contributed by atoms with Crippen LogP contribution < -0.4 is 10.2 Å². The molecule has 126 valence electrons. The molecule has 1 aromatic heterocycles. The number of amides is 1. The molecule has 0 radical (unpaired) electrons. The van der Waals surface area contributed by atoms with Gasteiger partial charge in [0.2, 0.25) is 0 Å². The van der Waals surface area contributed by atoms with Crippen molar-refractivity contribution in [3.63, 3.8) is 0 Å². The molecule has 6 nitrogen and oxygen atoms in total. The number of aryl methyl sites for hydroxylation is 1. The standard InChI is InChI=1S/C19H18N4O2/c1-14-10-18(22-21-14)19(24)23-20-12-16-8-5-9-17(11-16)25-13-15-6-3-2-4-7-15/h2-12H,13H2,1H3,(H,21,22)(H,23,24). The Labute approximate surface area is 145 Å². The van der Waals surface area contributed by atoms with Gasteiger partial charge in [-0.15, -0.1) is 0 Å². The third-order valence-electron chi connectivity index (χ3n) is 3.42. The van der Waals surface area contributed by atoms with Crippen LogP contribution in [0.4, 0.5) is 0 Å². The van der Waals surface area contributed by atoms with Crippen LogP contribution in [-0.2, 0) is 6.61 Å². The van der Waals surface area contributed by atoms with Crippen LogP contribution in [-0.4, -0.2) is 22.3 Å². The van der Waals surface area contributed by atoms with Crippen molar-refractivity contribution < 1.29 is 9.53 Å². The second kappa shape index (κ2) is 7.92. The van der Waals surface area contributed by atoms with Gasteiger partial charge in [-0.3, -0.25) is 9.89 Å². The van der Waals surface area contributed by atoms with Crippen molar-refractivity contribution in [2.45, 2.75) is 13.5 Å². The summed E-state index contributed by atoms with van der Waals surface area (Å²) < 4.78 is 5.77. The zero-order valence-electron chi connectivity index (χ0n) is 13.8. The van der Waals surface area contributed by atoms with Crippen molar-refractivity contribution in [1.29, 1.82) is 0 Å². The summed E-state index contributed by atoms with van der Waals surface area (Å²) in [5.74, 6) is 0.374. The topological polar surface area (TPSA) is 79.4 Å². The van der Waals surface area contributed by atoms with E-state index in [1.807, 2.05) is 61.5 Å². The number of benzene rings is 2. The van der Waals surface area contributed by atoms with Gasteiger partial charge < -0.3 is 4.74 Å². The molecule has 3 aromatic rings. The number of nitrogens with zero attached hydrogens (tertiary/aromatic N) is 2. The van der Waals surface area contributed by atoms with Crippen molar-refractivity contribution in [3.8, 4) is 5.75 Å². The molecule has 6 heteroatoms. The quantitative estimate of drug-likeness (QED) is 0.537. The lowest BCUT2D eigenvalue weighted by molar-refractivity contribution is 0.0950. The molecular formula is C19H18N4O2. The molecule has 0 unspecified atom stereocenters. The molecular weight excluding hydrogens is 316 g/mol. The highest BCUT2D eigenvalue weighted by Crippen LogP contribution is 2.14. The monoisotopic (exact) mass is 334 g/mol. The zero-order valence-corrected chi connectivity index (χ0v) is 13.8. The van der Waals surface area contributed by atoms with Crippen LogP contribution in [0.1, 0.15) is 27.3 Å². The van der Waals surface area contributed by atoms with Crippen LogP contribution in [0.3, 0.4) is 0 Å². The lowest BCUT2D eigenvalue weighted by Gasteiger charge is -2.06. The van der Waals surface area contributed by atoms with Crippen molar-refractivity contribution in [2.24, 2.45) is 5.10 Å². The van der Waals surface area contributed by atoms with E-state index in [1.54, 1.807) is 12.3 Å². The Kier molecular flexibility index (Phi) is 5.21. The van der Waals surface area contributed by atoms with Crippen LogP contribution in [0.5, 0.6) is 5.75 Å². The van der Waals surface area contributed by atoms with E-state index in [0.29, 0.717) is 12.3 Å². The van der Waals surface area contributed by atoms with Gasteiger partial charge in [0.15, 0.2) is 5.69 Å². The Morgan fingerprint density at radius 2 is 2.04 bits per heavy atom. The first-order chi connectivity index (χ1) is 12.2. The molecule has 1 heterocycles. The number of aromatic amines is 1. The van der Waals surface area contributed by atoms with Gasteiger partial charge in [0.1, 0.15) is 12.4 Å². The number of hydrogen-bond donors (Lipinski definition) is 2. The number of H-pyrrole nitrogens is 1. The van der Waals surface area contributed by atoms with Gasteiger partial charge in [-0.25, -0.2) is 5.43 Å². The second-order valence-electron chi connectivity index (χ2n) is 5.48. The molecule has 25 heavy (non-hydrogen) atoms. The minimum Gasteiger partial charge on any atom is -0.489 e. The number of rotatable bonds is 6. The number of hydrogen-bond acceptors (Lipinski definition) is 4. The third kappa shape index (κ3) is 4.78. The van der Waals surface area contributed by atoms with Gasteiger partial charge >= 0.3 is 0 Å². The average molecular weight is 334 g/mol. The van der Waals surface area contributed by atoms with Crippen molar-refractivity contribution in [1.82, 2.24) is 15.6 Å². The van der Waals surface area contributed by atoms with Crippen LogP contribution in [0.25, 0.3) is 0 Å². The van der Waals surface area contributed by atoms with E-state index in [2.05, 4.69) is 20.7 Å². The molecule has 0 atom stereocenters. The fourth-order valence-electron chi connectivity index (χ4n) is 2.18. The first kappa shape index (κ1) is 16.4. The van der Waals surface area contributed by atoms with E-state index >= 15 is 0 Å². The van der Waals surface area contributed by atoms with Gasteiger partial charge in [-0.05, 0) is 36.2 Å². The first-order valence-electron chi connectivity index (χ1n) is 7.83. The fourth-order valence-corrected chi connectivity index (χ4v) is 2.18. The van der Waals surface area contributed by atoms with Gasteiger partial charge in [0.25, 0.3) is 5.91 Å². The van der Waals surface area contributed by atoms with E-state index in [9.17, 15) is 4.79 Å². The predicted molar refractivity (Wildman–Crippen MR) is 95.6 cm³/mol. The van der Waals surface area contributed by atoms with E-state index in [-0.39, 0.29) is 5.91 Å². The van der Waals surface area contributed by atoms with E-state index in [0.717, 1.165) is 22.6 Å². The van der Waals surface area contributed by atoms with Gasteiger partial charge in [0.05, 0.1) is 6.21 Å². The predicted octanol–water partition coefficient (Wildman–Crippen LogP) is 3.06. The van der Waals surface area contributed by atoms with Gasteiger partial charge in [0, 0.05) is 5.69 Å². The number of ether oxygens (including phenoxy) is 1. The number of hydrazone groups is 1. The lowest BCUT2D eigenvalue weighted by atomic mass is 10.2. The molecule has 0 spiro atoms. The summed E-state index contributed by atoms with van der Waals surface area (Å²) in [5.41, 5.74) is 5.49. The van der Waals surface area contributed by atoms with Crippen LogP contribution >= 0.6 is 0 Å². The molecule has 0 fully saturated rings. The highest BCUT2D eigenvalue weighted by atomic mass is 16.5. The number of carbonyl (C=O) groups excluding carboxylic acids is 1. The van der Waals surface area contributed by atoms with Crippen molar-refractivity contribution in [2.75, 3.05) is 0 Å². The van der Waals surface area contributed by atoms with E-state index in [4.69, 9.17) is 4.74 Å². The normalized spacial score (nSPS) is 10.8. The Bertz CT molecular complexity index is 872. The van der Waals surface area contributed by atoms with Crippen LogP contribution in [0, 0.1) is 6.92 Å². The zero-order chi connectivity index (χ0) is 17.5. The minimum absolute atomic E-state index is 0.301. The molecule has 2 N–H and O–H groups in total. The molecule has 2 aromatic carbocycles. The SMILES string of the molecule is Cc1cc(C(=O)NN=Cc2cccc(OCc3ccccc3)c2)n[nH]1. The largest absolute Gasteiger partial charge is 0.489 e. The third-order valence-corrected chi connectivity index (χ3v) is 3.42. The smallest absolute Gasteiger partial charge is 0.291 e. The van der Waals surface area contributed by atoms with E-state index in [1.165, 1.54) is 0 Å². The summed E-state index contributed by atoms with van der Waals surface area (Å²) in [6.45, 7) is 2.32. The Morgan fingerprint density at radius 1 is 1.20 bits per heavy atom. The lowest BCUT2D eigenvalue weighted by Crippen LogP contribution is -2.18. The second-order valence-corrected chi connectivity index (χ2v) is 5.48.